The van der Waals surface area contributed by atoms with Crippen molar-refractivity contribution in [2.45, 2.75) is 6.92 Å². The number of nitrogens with two attached hydrogens (primary N) is 1. The highest BCUT2D eigenvalue weighted by Crippen LogP contribution is 2.23. The third-order valence-corrected chi connectivity index (χ3v) is 2.88. The van der Waals surface area contributed by atoms with Crippen molar-refractivity contribution in [3.05, 3.63) is 28.8 Å². The maximum absolute atomic E-state index is 11.9. The van der Waals surface area contributed by atoms with E-state index in [1.165, 1.54) is 0 Å². The summed E-state index contributed by atoms with van der Waals surface area (Å²) in [7, 11) is 0. The second kappa shape index (κ2) is 6.76. The Morgan fingerprint density at radius 1 is 1.35 bits per heavy atom. The van der Waals surface area contributed by atoms with E-state index in [1.54, 1.807) is 25.1 Å². The van der Waals surface area contributed by atoms with Gasteiger partial charge in [-0.2, -0.15) is 0 Å². The van der Waals surface area contributed by atoms with Gasteiger partial charge in [-0.3, -0.25) is 9.59 Å². The van der Waals surface area contributed by atoms with Crippen LogP contribution in [0.25, 0.3) is 0 Å². The number of hydrogen-bond donors (Lipinski definition) is 3. The Morgan fingerprint density at radius 2 is 2.00 bits per heavy atom. The van der Waals surface area contributed by atoms with E-state index < -0.39 is 31.0 Å². The van der Waals surface area contributed by atoms with E-state index in [4.69, 9.17) is 22.4 Å². The van der Waals surface area contributed by atoms with E-state index in [0.717, 1.165) is 4.90 Å². The number of carboxylic acid groups (broad SMARTS) is 1. The third kappa shape index (κ3) is 4.43. The molecule has 1 rings (SSSR count). The molecule has 0 spiro atoms. The summed E-state index contributed by atoms with van der Waals surface area (Å²) < 4.78 is 0. The van der Waals surface area contributed by atoms with Crippen LogP contribution in [0.2, 0.25) is 5.02 Å². The molecule has 0 heterocycles. The lowest BCUT2D eigenvalue weighted by atomic mass is 10.2. The van der Waals surface area contributed by atoms with Crippen LogP contribution in [0, 0.1) is 6.92 Å². The molecule has 0 aliphatic heterocycles. The molecule has 4 N–H and O–H groups in total. The van der Waals surface area contributed by atoms with Crippen LogP contribution in [0.3, 0.4) is 0 Å². The normalized spacial score (nSPS) is 9.90. The maximum Gasteiger partial charge on any atom is 0.323 e. The van der Waals surface area contributed by atoms with Crippen molar-refractivity contribution in [2.75, 3.05) is 18.4 Å². The molecule has 3 amide bonds. The third-order valence-electron chi connectivity index (χ3n) is 2.47. The van der Waals surface area contributed by atoms with Crippen LogP contribution in [0.15, 0.2) is 18.2 Å². The summed E-state index contributed by atoms with van der Waals surface area (Å²) in [5.41, 5.74) is 6.05. The van der Waals surface area contributed by atoms with Crippen LogP contribution >= 0.6 is 11.6 Å². The molecule has 0 saturated heterocycles. The van der Waals surface area contributed by atoms with Crippen LogP contribution in [-0.2, 0) is 9.59 Å². The topological polar surface area (TPSA) is 113 Å². The zero-order valence-corrected chi connectivity index (χ0v) is 11.5. The second-order valence-electron chi connectivity index (χ2n) is 4.06. The standard InChI is InChI=1S/C12H14ClN3O4/c1-7-8(13)3-2-4-9(7)15-12(20)16(5-10(14)17)6-11(18)19/h2-4H,5-6H2,1H3,(H2,14,17)(H,15,20)(H,18,19). The Hall–Kier alpha value is -2.28. The van der Waals surface area contributed by atoms with Crippen molar-refractivity contribution in [3.8, 4) is 0 Å². The van der Waals surface area contributed by atoms with E-state index in [-0.39, 0.29) is 0 Å². The molecule has 0 unspecified atom stereocenters. The fourth-order valence-corrected chi connectivity index (χ4v) is 1.66. The minimum Gasteiger partial charge on any atom is -0.480 e. The summed E-state index contributed by atoms with van der Waals surface area (Å²) >= 11 is 5.91. The molecule has 8 heteroatoms. The first-order valence-electron chi connectivity index (χ1n) is 5.62. The smallest absolute Gasteiger partial charge is 0.323 e. The zero-order chi connectivity index (χ0) is 15.3. The summed E-state index contributed by atoms with van der Waals surface area (Å²) in [6.45, 7) is 0.583. The number of nitrogens with zero attached hydrogens (tertiary/aromatic N) is 1. The van der Waals surface area contributed by atoms with Gasteiger partial charge in [-0.15, -0.1) is 0 Å². The largest absolute Gasteiger partial charge is 0.480 e. The fourth-order valence-electron chi connectivity index (χ4n) is 1.49. The van der Waals surface area contributed by atoms with E-state index >= 15 is 0 Å². The number of carboxylic acids is 1. The lowest BCUT2D eigenvalue weighted by Gasteiger charge is -2.20. The molecule has 1 aromatic rings. The molecule has 0 aliphatic carbocycles. The molecule has 0 atom stereocenters. The van der Waals surface area contributed by atoms with Gasteiger partial charge in [0.1, 0.15) is 13.1 Å². The lowest BCUT2D eigenvalue weighted by molar-refractivity contribution is -0.137. The van der Waals surface area contributed by atoms with Gasteiger partial charge in [0, 0.05) is 10.7 Å². The van der Waals surface area contributed by atoms with E-state index in [1.807, 2.05) is 0 Å². The molecule has 108 valence electrons. The van der Waals surface area contributed by atoms with Crippen molar-refractivity contribution < 1.29 is 19.5 Å². The number of aliphatic carboxylic acids is 1. The number of rotatable bonds is 5. The molecule has 0 fully saturated rings. The summed E-state index contributed by atoms with van der Waals surface area (Å²) in [4.78, 5) is 34.3. The van der Waals surface area contributed by atoms with Crippen LogP contribution in [-0.4, -0.2) is 41.0 Å². The highest BCUT2D eigenvalue weighted by Gasteiger charge is 2.19. The maximum atomic E-state index is 11.9. The lowest BCUT2D eigenvalue weighted by Crippen LogP contribution is -2.43. The van der Waals surface area contributed by atoms with Crippen molar-refractivity contribution in [2.24, 2.45) is 5.73 Å². The summed E-state index contributed by atoms with van der Waals surface area (Å²) in [5.74, 6) is -2.05. The average molecular weight is 300 g/mol. The number of carbonyl (C=O) groups is 3. The molecule has 0 saturated carbocycles. The molecule has 0 aliphatic rings. The average Bonchev–Trinajstić information content (AvgIpc) is 2.33. The highest BCUT2D eigenvalue weighted by molar-refractivity contribution is 6.31. The quantitative estimate of drug-likeness (QED) is 0.754. The minimum atomic E-state index is -1.25. The van der Waals surface area contributed by atoms with Gasteiger partial charge >= 0.3 is 12.0 Å². The molecule has 7 nitrogen and oxygen atoms in total. The summed E-state index contributed by atoms with van der Waals surface area (Å²) in [6.07, 6.45) is 0. The molecule has 0 aromatic heterocycles. The number of carbonyl (C=O) groups excluding carboxylic acids is 2. The predicted molar refractivity (Wildman–Crippen MR) is 73.6 cm³/mol. The Morgan fingerprint density at radius 3 is 2.55 bits per heavy atom. The molecular formula is C12H14ClN3O4. The van der Waals surface area contributed by atoms with Crippen LogP contribution in [0.4, 0.5) is 10.5 Å². The van der Waals surface area contributed by atoms with Crippen molar-refractivity contribution >= 4 is 35.2 Å². The SMILES string of the molecule is Cc1c(Cl)cccc1NC(=O)N(CC(N)=O)CC(=O)O. The number of nitrogens with one attached hydrogen (secondary N) is 1. The van der Waals surface area contributed by atoms with Gasteiger partial charge in [-0.25, -0.2) is 4.79 Å². The summed E-state index contributed by atoms with van der Waals surface area (Å²) in [6, 6.07) is 4.17. The monoisotopic (exact) mass is 299 g/mol. The van der Waals surface area contributed by atoms with E-state index in [0.29, 0.717) is 16.3 Å². The number of benzene rings is 1. The van der Waals surface area contributed by atoms with E-state index in [9.17, 15) is 14.4 Å². The van der Waals surface area contributed by atoms with Gasteiger partial charge in [0.05, 0.1) is 0 Å². The Balaban J connectivity index is 2.87. The van der Waals surface area contributed by atoms with Gasteiger partial charge in [-0.05, 0) is 24.6 Å². The van der Waals surface area contributed by atoms with E-state index in [2.05, 4.69) is 5.32 Å². The predicted octanol–water partition coefficient (Wildman–Crippen LogP) is 1.05. The number of anilines is 1. The van der Waals surface area contributed by atoms with Gasteiger partial charge in [-0.1, -0.05) is 17.7 Å². The summed E-state index contributed by atoms with van der Waals surface area (Å²) in [5, 5.41) is 11.7. The molecule has 0 bridgehead atoms. The zero-order valence-electron chi connectivity index (χ0n) is 10.7. The van der Waals surface area contributed by atoms with Crippen molar-refractivity contribution in [3.63, 3.8) is 0 Å². The number of hydrogen-bond acceptors (Lipinski definition) is 3. The first kappa shape index (κ1) is 15.8. The fraction of sp³-hybridized carbons (Fsp3) is 0.250. The molecule has 0 radical (unpaired) electrons. The molecule has 20 heavy (non-hydrogen) atoms. The van der Waals surface area contributed by atoms with Crippen molar-refractivity contribution in [1.82, 2.24) is 4.90 Å². The van der Waals surface area contributed by atoms with Crippen LogP contribution in [0.5, 0.6) is 0 Å². The molecule has 1 aromatic carbocycles. The van der Waals surface area contributed by atoms with Gasteiger partial charge < -0.3 is 21.1 Å². The Bertz CT molecular complexity index is 532. The number of urea groups is 1. The van der Waals surface area contributed by atoms with Gasteiger partial charge in [0.25, 0.3) is 0 Å². The first-order valence-corrected chi connectivity index (χ1v) is 6.00. The van der Waals surface area contributed by atoms with Gasteiger partial charge in [0.2, 0.25) is 5.91 Å². The van der Waals surface area contributed by atoms with Crippen molar-refractivity contribution in [1.29, 1.82) is 0 Å². The molecular weight excluding hydrogens is 286 g/mol. The Kier molecular flexibility index (Phi) is 5.33. The van der Waals surface area contributed by atoms with Crippen LogP contribution < -0.4 is 11.1 Å². The number of halogens is 1. The van der Waals surface area contributed by atoms with Gasteiger partial charge in [0.15, 0.2) is 0 Å². The second-order valence-corrected chi connectivity index (χ2v) is 4.47. The first-order chi connectivity index (χ1) is 9.31. The number of amides is 3. The highest BCUT2D eigenvalue weighted by atomic mass is 35.5. The van der Waals surface area contributed by atoms with Crippen LogP contribution in [0.1, 0.15) is 5.56 Å². The Labute approximate surface area is 120 Å². The minimum absolute atomic E-state index is 0.433. The number of primary amides is 1.